The molecule has 0 bridgehead atoms. The Morgan fingerprint density at radius 2 is 2.11 bits per heavy atom. The molecule has 1 aromatic carbocycles. The van der Waals surface area contributed by atoms with E-state index in [2.05, 4.69) is 5.32 Å². The molecule has 0 unspecified atom stereocenters. The summed E-state index contributed by atoms with van der Waals surface area (Å²) in [6.07, 6.45) is 2.31. The zero-order valence-electron chi connectivity index (χ0n) is 15.4. The molecule has 1 heterocycles. The molecule has 0 aliphatic rings. The lowest BCUT2D eigenvalue weighted by molar-refractivity contribution is -0.384. The van der Waals surface area contributed by atoms with Gasteiger partial charge in [0, 0.05) is 18.2 Å². The minimum atomic E-state index is -0.554. The van der Waals surface area contributed by atoms with Crippen LogP contribution in [0.2, 0.25) is 0 Å². The zero-order chi connectivity index (χ0) is 20.8. The van der Waals surface area contributed by atoms with Crippen LogP contribution >= 0.6 is 11.3 Å². The van der Waals surface area contributed by atoms with Gasteiger partial charge in [-0.05, 0) is 38.0 Å². The Hall–Kier alpha value is -3.51. The number of esters is 1. The van der Waals surface area contributed by atoms with Crippen LogP contribution in [0.15, 0.2) is 30.3 Å². The van der Waals surface area contributed by atoms with E-state index in [1.807, 2.05) is 6.07 Å². The average molecular weight is 399 g/mol. The van der Waals surface area contributed by atoms with E-state index >= 15 is 0 Å². The first kappa shape index (κ1) is 20.8. The summed E-state index contributed by atoms with van der Waals surface area (Å²) in [5, 5.41) is 23.0. The number of hydrogen-bond acceptors (Lipinski definition) is 7. The lowest BCUT2D eigenvalue weighted by atomic mass is 10.1. The number of anilines is 1. The normalized spacial score (nSPS) is 10.7. The quantitative estimate of drug-likeness (QED) is 0.338. The number of nitrogens with one attached hydrogen (secondary N) is 1. The summed E-state index contributed by atoms with van der Waals surface area (Å²) >= 11 is 0.965. The van der Waals surface area contributed by atoms with Gasteiger partial charge >= 0.3 is 5.97 Å². The predicted octanol–water partition coefficient (Wildman–Crippen LogP) is 4.05. The molecule has 0 saturated carbocycles. The fraction of sp³-hybridized carbons (Fsp3) is 0.211. The minimum Gasteiger partial charge on any atom is -0.459 e. The maximum atomic E-state index is 12.2. The topological polar surface area (TPSA) is 122 Å². The number of ether oxygens (including phenoxy) is 1. The highest BCUT2D eigenvalue weighted by Crippen LogP contribution is 2.33. The molecule has 1 aromatic heterocycles. The number of nitro groups is 1. The fourth-order valence-corrected chi connectivity index (χ4v) is 3.31. The lowest BCUT2D eigenvalue weighted by Crippen LogP contribution is -2.11. The number of carbonyl (C=O) groups excluding carboxylic acids is 2. The van der Waals surface area contributed by atoms with Crippen LogP contribution < -0.4 is 5.32 Å². The summed E-state index contributed by atoms with van der Waals surface area (Å²) < 4.78 is 5.15. The first-order valence-electron chi connectivity index (χ1n) is 8.21. The van der Waals surface area contributed by atoms with Gasteiger partial charge in [-0.3, -0.25) is 14.9 Å². The molecule has 0 aliphatic carbocycles. The van der Waals surface area contributed by atoms with Gasteiger partial charge in [-0.2, -0.15) is 5.26 Å². The predicted molar refractivity (Wildman–Crippen MR) is 105 cm³/mol. The van der Waals surface area contributed by atoms with Gasteiger partial charge in [0.05, 0.1) is 16.6 Å². The zero-order valence-corrected chi connectivity index (χ0v) is 16.2. The van der Waals surface area contributed by atoms with Crippen molar-refractivity contribution in [3.63, 3.8) is 0 Å². The number of nitro benzene ring substituents is 1. The second-order valence-electron chi connectivity index (χ2n) is 6.00. The Morgan fingerprint density at radius 1 is 1.39 bits per heavy atom. The SMILES string of the molecule is Cc1c(C(=O)OC(C)C)sc(NC(=O)C=Cc2cccc([N+](=O)[O-])c2)c1C#N. The standard InChI is InChI=1S/C19H17N3O5S/c1-11(2)27-19(24)17-12(3)15(10-20)18(28-17)21-16(23)8-7-13-5-4-6-14(9-13)22(25)26/h4-9,11H,1-3H3,(H,21,23). The van der Waals surface area contributed by atoms with Gasteiger partial charge in [-0.25, -0.2) is 4.79 Å². The summed E-state index contributed by atoms with van der Waals surface area (Å²) in [5.41, 5.74) is 1.03. The molecule has 0 saturated heterocycles. The van der Waals surface area contributed by atoms with Crippen LogP contribution in [0.4, 0.5) is 10.7 Å². The van der Waals surface area contributed by atoms with E-state index in [9.17, 15) is 25.0 Å². The highest BCUT2D eigenvalue weighted by Gasteiger charge is 2.22. The Balaban J connectivity index is 2.20. The molecule has 0 aliphatic heterocycles. The summed E-state index contributed by atoms with van der Waals surface area (Å²) in [6, 6.07) is 7.79. The molecule has 1 N–H and O–H groups in total. The van der Waals surface area contributed by atoms with E-state index in [0.29, 0.717) is 11.1 Å². The average Bonchev–Trinajstić information content (AvgIpc) is 2.95. The van der Waals surface area contributed by atoms with Crippen molar-refractivity contribution in [3.8, 4) is 6.07 Å². The molecule has 0 fully saturated rings. The second kappa shape index (κ2) is 8.92. The van der Waals surface area contributed by atoms with Crippen molar-refractivity contribution in [1.82, 2.24) is 0 Å². The Morgan fingerprint density at radius 3 is 2.71 bits per heavy atom. The number of nitrogens with zero attached hydrogens (tertiary/aromatic N) is 2. The van der Waals surface area contributed by atoms with E-state index in [4.69, 9.17) is 4.74 Å². The molecule has 9 heteroatoms. The third-order valence-corrected chi connectivity index (χ3v) is 4.72. The van der Waals surface area contributed by atoms with Crippen LogP contribution in [0.25, 0.3) is 6.08 Å². The molecule has 28 heavy (non-hydrogen) atoms. The van der Waals surface area contributed by atoms with Gasteiger partial charge in [0.1, 0.15) is 15.9 Å². The van der Waals surface area contributed by atoms with Gasteiger partial charge < -0.3 is 10.1 Å². The molecule has 2 rings (SSSR count). The van der Waals surface area contributed by atoms with E-state index in [1.165, 1.54) is 30.4 Å². The number of thiophene rings is 1. The number of non-ortho nitro benzene ring substituents is 1. The maximum absolute atomic E-state index is 12.2. The van der Waals surface area contributed by atoms with Crippen molar-refractivity contribution in [2.24, 2.45) is 0 Å². The Bertz CT molecular complexity index is 1000. The third-order valence-electron chi connectivity index (χ3n) is 3.53. The number of amides is 1. The molecule has 0 spiro atoms. The van der Waals surface area contributed by atoms with Gasteiger partial charge in [0.25, 0.3) is 5.69 Å². The smallest absolute Gasteiger partial charge is 0.348 e. The molecule has 1 amide bonds. The second-order valence-corrected chi connectivity index (χ2v) is 7.02. The number of hydrogen-bond donors (Lipinski definition) is 1. The molecule has 144 valence electrons. The number of nitriles is 1. The number of rotatable bonds is 6. The van der Waals surface area contributed by atoms with Crippen molar-refractivity contribution >= 4 is 40.0 Å². The van der Waals surface area contributed by atoms with Gasteiger partial charge in [-0.15, -0.1) is 11.3 Å². The van der Waals surface area contributed by atoms with Crippen LogP contribution in [0, 0.1) is 28.4 Å². The van der Waals surface area contributed by atoms with E-state index in [1.54, 1.807) is 26.8 Å². The van der Waals surface area contributed by atoms with Gasteiger partial charge in [-0.1, -0.05) is 12.1 Å². The number of benzene rings is 1. The van der Waals surface area contributed by atoms with Crippen LogP contribution in [0.3, 0.4) is 0 Å². The summed E-state index contributed by atoms with van der Waals surface area (Å²) in [6.45, 7) is 5.04. The Kier molecular flexibility index (Phi) is 6.63. The number of carbonyl (C=O) groups is 2. The molecular weight excluding hydrogens is 382 g/mol. The van der Waals surface area contributed by atoms with Crippen molar-refractivity contribution in [2.45, 2.75) is 26.9 Å². The highest BCUT2D eigenvalue weighted by atomic mass is 32.1. The largest absolute Gasteiger partial charge is 0.459 e. The van der Waals surface area contributed by atoms with E-state index in [0.717, 1.165) is 11.3 Å². The maximum Gasteiger partial charge on any atom is 0.348 e. The molecule has 8 nitrogen and oxygen atoms in total. The molecular formula is C19H17N3O5S. The fourth-order valence-electron chi connectivity index (χ4n) is 2.27. The van der Waals surface area contributed by atoms with Crippen molar-refractivity contribution in [3.05, 3.63) is 62.0 Å². The highest BCUT2D eigenvalue weighted by molar-refractivity contribution is 7.18. The summed E-state index contributed by atoms with van der Waals surface area (Å²) in [5.74, 6) is -1.09. The van der Waals surface area contributed by atoms with Crippen molar-refractivity contribution in [2.75, 3.05) is 5.32 Å². The monoisotopic (exact) mass is 399 g/mol. The van der Waals surface area contributed by atoms with Crippen LogP contribution in [0.1, 0.15) is 40.2 Å². The molecule has 2 aromatic rings. The van der Waals surface area contributed by atoms with Gasteiger partial charge in [0.15, 0.2) is 0 Å². The third kappa shape index (κ3) is 5.02. The van der Waals surface area contributed by atoms with E-state index < -0.39 is 16.8 Å². The van der Waals surface area contributed by atoms with Gasteiger partial charge in [0.2, 0.25) is 5.91 Å². The summed E-state index contributed by atoms with van der Waals surface area (Å²) in [4.78, 5) is 34.9. The minimum absolute atomic E-state index is 0.0866. The first-order chi connectivity index (χ1) is 13.2. The summed E-state index contributed by atoms with van der Waals surface area (Å²) in [7, 11) is 0. The first-order valence-corrected chi connectivity index (χ1v) is 9.02. The van der Waals surface area contributed by atoms with Crippen LogP contribution in [-0.2, 0) is 9.53 Å². The van der Waals surface area contributed by atoms with Crippen LogP contribution in [-0.4, -0.2) is 22.9 Å². The molecule has 0 radical (unpaired) electrons. The lowest BCUT2D eigenvalue weighted by Gasteiger charge is -2.06. The van der Waals surface area contributed by atoms with Crippen molar-refractivity contribution in [1.29, 1.82) is 5.26 Å². The Labute approximate surface area is 165 Å². The van der Waals surface area contributed by atoms with Crippen molar-refractivity contribution < 1.29 is 19.2 Å². The molecule has 0 atom stereocenters. The van der Waals surface area contributed by atoms with Crippen LogP contribution in [0.5, 0.6) is 0 Å². The van der Waals surface area contributed by atoms with E-state index in [-0.39, 0.29) is 27.2 Å².